The van der Waals surface area contributed by atoms with Crippen LogP contribution in [-0.2, 0) is 11.2 Å². The third-order valence-electron chi connectivity index (χ3n) is 4.90. The van der Waals surface area contributed by atoms with Crippen LogP contribution in [0.4, 0.5) is 0 Å². The molecule has 1 aliphatic carbocycles. The van der Waals surface area contributed by atoms with Gasteiger partial charge in [-0.15, -0.1) is 0 Å². The first kappa shape index (κ1) is 17.0. The Labute approximate surface area is 142 Å². The lowest BCUT2D eigenvalue weighted by atomic mass is 9.92. The van der Waals surface area contributed by atoms with E-state index in [1.54, 1.807) is 6.07 Å². The Hall–Kier alpha value is -1.85. The highest BCUT2D eigenvalue weighted by atomic mass is 16.5. The number of nitrogens with zero attached hydrogens (tertiary/aromatic N) is 2. The summed E-state index contributed by atoms with van der Waals surface area (Å²) in [4.78, 5) is 26.1. The Morgan fingerprint density at radius 3 is 2.71 bits per heavy atom. The fourth-order valence-corrected chi connectivity index (χ4v) is 3.23. The zero-order valence-electron chi connectivity index (χ0n) is 14.4. The van der Waals surface area contributed by atoms with Crippen LogP contribution in [0.25, 0.3) is 0 Å². The number of hydrogen-bond donors (Lipinski definition) is 1. The zero-order valence-corrected chi connectivity index (χ0v) is 14.4. The lowest BCUT2D eigenvalue weighted by Crippen LogP contribution is -2.39. The van der Waals surface area contributed by atoms with Gasteiger partial charge < -0.3 is 14.7 Å². The molecule has 0 aromatic carbocycles. The molecule has 0 atom stereocenters. The number of carbonyl (C=O) groups is 2. The Kier molecular flexibility index (Phi) is 5.53. The van der Waals surface area contributed by atoms with Crippen LogP contribution in [0.15, 0.2) is 10.6 Å². The summed E-state index contributed by atoms with van der Waals surface area (Å²) in [5, 5.41) is 6.94. The van der Waals surface area contributed by atoms with E-state index in [4.69, 9.17) is 4.52 Å². The summed E-state index contributed by atoms with van der Waals surface area (Å²) < 4.78 is 5.20. The molecule has 2 aliphatic rings. The molecule has 1 saturated carbocycles. The van der Waals surface area contributed by atoms with Gasteiger partial charge in [0.05, 0.1) is 0 Å². The smallest absolute Gasteiger partial charge is 0.276 e. The fourth-order valence-electron chi connectivity index (χ4n) is 3.23. The maximum Gasteiger partial charge on any atom is 0.276 e. The van der Waals surface area contributed by atoms with Gasteiger partial charge in [-0.3, -0.25) is 9.59 Å². The van der Waals surface area contributed by atoms with Gasteiger partial charge in [0.1, 0.15) is 5.76 Å². The fraction of sp³-hybridized carbons (Fsp3) is 0.722. The van der Waals surface area contributed by atoms with Gasteiger partial charge >= 0.3 is 0 Å². The summed E-state index contributed by atoms with van der Waals surface area (Å²) >= 11 is 0. The maximum atomic E-state index is 12.5. The van der Waals surface area contributed by atoms with Crippen LogP contribution in [0.5, 0.6) is 0 Å². The summed E-state index contributed by atoms with van der Waals surface area (Å²) in [7, 11) is 0. The average molecular weight is 333 g/mol. The summed E-state index contributed by atoms with van der Waals surface area (Å²) in [5.41, 5.74) is 0.417. The number of hydrogen-bond acceptors (Lipinski definition) is 4. The number of likely N-dealkylation sites (tertiary alicyclic amines) is 1. The minimum atomic E-state index is -0.0361. The second-order valence-corrected chi connectivity index (χ2v) is 7.04. The molecule has 2 amide bonds. The summed E-state index contributed by atoms with van der Waals surface area (Å²) in [6.45, 7) is 3.55. The monoisotopic (exact) mass is 333 g/mol. The molecule has 2 fully saturated rings. The second kappa shape index (κ2) is 7.81. The van der Waals surface area contributed by atoms with Crippen LogP contribution in [0.2, 0.25) is 0 Å². The number of amides is 2. The molecule has 0 unspecified atom stereocenters. The molecule has 1 aromatic heterocycles. The highest BCUT2D eigenvalue weighted by molar-refractivity contribution is 5.92. The van der Waals surface area contributed by atoms with Crippen LogP contribution in [-0.4, -0.2) is 41.0 Å². The lowest BCUT2D eigenvalue weighted by Gasteiger charge is -2.31. The van der Waals surface area contributed by atoms with Crippen molar-refractivity contribution in [3.63, 3.8) is 0 Å². The Morgan fingerprint density at radius 2 is 2.04 bits per heavy atom. The molecule has 3 rings (SSSR count). The molecule has 1 aromatic rings. The summed E-state index contributed by atoms with van der Waals surface area (Å²) in [6.07, 6.45) is 7.50. The highest BCUT2D eigenvalue weighted by Crippen LogP contribution is 2.24. The molecular weight excluding hydrogens is 306 g/mol. The molecule has 0 spiro atoms. The van der Waals surface area contributed by atoms with Gasteiger partial charge in [0, 0.05) is 38.0 Å². The Bertz CT molecular complexity index is 572. The first-order chi connectivity index (χ1) is 11.7. The van der Waals surface area contributed by atoms with Crippen molar-refractivity contribution in [3.8, 4) is 0 Å². The van der Waals surface area contributed by atoms with Crippen molar-refractivity contribution < 1.29 is 14.1 Å². The van der Waals surface area contributed by atoms with Crippen LogP contribution in [0.3, 0.4) is 0 Å². The van der Waals surface area contributed by atoms with Gasteiger partial charge in [-0.1, -0.05) is 12.1 Å². The molecule has 6 heteroatoms. The third kappa shape index (κ3) is 4.58. The molecule has 6 nitrogen and oxygen atoms in total. The number of piperidine rings is 1. The second-order valence-electron chi connectivity index (χ2n) is 7.04. The van der Waals surface area contributed by atoms with Gasteiger partial charge in [-0.2, -0.15) is 0 Å². The molecule has 1 N–H and O–H groups in total. The van der Waals surface area contributed by atoms with Crippen LogP contribution in [0, 0.1) is 5.92 Å². The van der Waals surface area contributed by atoms with E-state index < -0.39 is 0 Å². The van der Waals surface area contributed by atoms with Gasteiger partial charge in [0.2, 0.25) is 5.91 Å². The number of carbonyl (C=O) groups excluding carboxylic acids is 2. The van der Waals surface area contributed by atoms with Crippen LogP contribution in [0.1, 0.15) is 68.1 Å². The molecule has 0 radical (unpaired) electrons. The molecule has 1 saturated heterocycles. The topological polar surface area (TPSA) is 75.4 Å². The van der Waals surface area contributed by atoms with Gasteiger partial charge in [0.15, 0.2) is 5.69 Å². The Balaban J connectivity index is 1.40. The van der Waals surface area contributed by atoms with E-state index >= 15 is 0 Å². The van der Waals surface area contributed by atoms with Crippen molar-refractivity contribution in [1.29, 1.82) is 0 Å². The predicted molar refractivity (Wildman–Crippen MR) is 89.5 cm³/mol. The quantitative estimate of drug-likeness (QED) is 0.832. The Morgan fingerprint density at radius 1 is 1.29 bits per heavy atom. The summed E-state index contributed by atoms with van der Waals surface area (Å²) in [6, 6.07) is 2.21. The zero-order chi connectivity index (χ0) is 16.9. The highest BCUT2D eigenvalue weighted by Gasteiger charge is 2.27. The van der Waals surface area contributed by atoms with E-state index in [0.29, 0.717) is 24.1 Å². The maximum absolute atomic E-state index is 12.5. The van der Waals surface area contributed by atoms with E-state index in [-0.39, 0.29) is 11.8 Å². The van der Waals surface area contributed by atoms with E-state index in [1.807, 2.05) is 4.90 Å². The lowest BCUT2D eigenvalue weighted by molar-refractivity contribution is -0.121. The molecule has 132 valence electrons. The van der Waals surface area contributed by atoms with Gasteiger partial charge in [-0.05, 0) is 44.4 Å². The van der Waals surface area contributed by atoms with Crippen molar-refractivity contribution in [1.82, 2.24) is 15.4 Å². The minimum Gasteiger partial charge on any atom is -0.361 e. The third-order valence-corrected chi connectivity index (χ3v) is 4.90. The molecule has 0 bridgehead atoms. The van der Waals surface area contributed by atoms with Crippen molar-refractivity contribution in [2.75, 3.05) is 13.1 Å². The minimum absolute atomic E-state index is 0.0361. The van der Waals surface area contributed by atoms with Crippen LogP contribution < -0.4 is 5.32 Å². The van der Waals surface area contributed by atoms with E-state index in [9.17, 15) is 9.59 Å². The van der Waals surface area contributed by atoms with E-state index in [2.05, 4.69) is 17.4 Å². The first-order valence-corrected chi connectivity index (χ1v) is 9.20. The number of aryl methyl sites for hydroxylation is 1. The normalized spacial score (nSPS) is 18.6. The van der Waals surface area contributed by atoms with Crippen molar-refractivity contribution >= 4 is 11.8 Å². The van der Waals surface area contributed by atoms with Gasteiger partial charge in [-0.25, -0.2) is 0 Å². The first-order valence-electron chi connectivity index (χ1n) is 9.20. The predicted octanol–water partition coefficient (Wildman–Crippen LogP) is 2.54. The van der Waals surface area contributed by atoms with E-state index in [0.717, 1.165) is 63.8 Å². The SMILES string of the molecule is CCCc1cc(C(=O)N2CCC(CCC(=O)NC3CC3)CC2)no1. The molecule has 24 heavy (non-hydrogen) atoms. The van der Waals surface area contributed by atoms with Crippen LogP contribution >= 0.6 is 0 Å². The van der Waals surface area contributed by atoms with Gasteiger partial charge in [0.25, 0.3) is 5.91 Å². The summed E-state index contributed by atoms with van der Waals surface area (Å²) in [5.74, 6) is 1.46. The van der Waals surface area contributed by atoms with Crippen molar-refractivity contribution in [2.45, 2.75) is 64.3 Å². The number of aromatic nitrogens is 1. The molecular formula is C18H27N3O3. The molecule has 2 heterocycles. The number of nitrogens with one attached hydrogen (secondary N) is 1. The molecule has 1 aliphatic heterocycles. The number of rotatable bonds is 7. The van der Waals surface area contributed by atoms with Crippen molar-refractivity contribution in [3.05, 3.63) is 17.5 Å². The average Bonchev–Trinajstić information content (AvgIpc) is 3.28. The standard InChI is InChI=1S/C18H27N3O3/c1-2-3-15-12-16(20-24-15)18(23)21-10-8-13(9-11-21)4-7-17(22)19-14-5-6-14/h12-14H,2-11H2,1H3,(H,19,22). The largest absolute Gasteiger partial charge is 0.361 e. The van der Waals surface area contributed by atoms with E-state index in [1.165, 1.54) is 0 Å². The van der Waals surface area contributed by atoms with Crippen molar-refractivity contribution in [2.24, 2.45) is 5.92 Å².